The number of amides is 1. The number of halogens is 1. The van der Waals surface area contributed by atoms with Crippen LogP contribution in [-0.4, -0.2) is 26.5 Å². The molecule has 118 valence electrons. The van der Waals surface area contributed by atoms with Crippen LogP contribution in [0, 0.1) is 0 Å². The monoisotopic (exact) mass is 322 g/mol. The highest BCUT2D eigenvalue weighted by Crippen LogP contribution is 2.28. The second-order valence-electron chi connectivity index (χ2n) is 6.00. The van der Waals surface area contributed by atoms with Gasteiger partial charge >= 0.3 is 6.09 Å². The molecule has 0 unspecified atom stereocenters. The van der Waals surface area contributed by atoms with Crippen molar-refractivity contribution in [3.8, 4) is 0 Å². The second-order valence-corrected chi connectivity index (χ2v) is 6.41. The Hall–Kier alpha value is -2.21. The number of hydrogen-bond donors (Lipinski definition) is 2. The third-order valence-electron chi connectivity index (χ3n) is 3.14. The molecule has 0 saturated heterocycles. The average molecular weight is 323 g/mol. The molecule has 6 nitrogen and oxygen atoms in total. The van der Waals surface area contributed by atoms with Crippen molar-refractivity contribution in [3.05, 3.63) is 41.0 Å². The molecule has 7 heteroatoms. The van der Waals surface area contributed by atoms with E-state index in [0.717, 1.165) is 5.56 Å². The molecule has 1 aromatic heterocycles. The number of carbonyl (C=O) groups is 1. The number of nitrogens with two attached hydrogens (primary N) is 1. The Bertz CT molecular complexity index is 691. The summed E-state index contributed by atoms with van der Waals surface area (Å²) in [5.41, 5.74) is 6.38. The topological polar surface area (TPSA) is 84.4 Å². The molecule has 0 radical (unpaired) electrons. The van der Waals surface area contributed by atoms with Gasteiger partial charge in [0.1, 0.15) is 5.82 Å². The quantitative estimate of drug-likeness (QED) is 0.906. The van der Waals surface area contributed by atoms with Crippen LogP contribution in [0.1, 0.15) is 26.3 Å². The minimum absolute atomic E-state index is 0.418. The summed E-state index contributed by atoms with van der Waals surface area (Å²) in [7, 11) is 0. The van der Waals surface area contributed by atoms with E-state index in [0.29, 0.717) is 23.1 Å². The largest absolute Gasteiger partial charge is 0.465 e. The summed E-state index contributed by atoms with van der Waals surface area (Å²) in [6.07, 6.45) is 0.737. The first-order chi connectivity index (χ1) is 10.2. The number of anilines is 2. The lowest BCUT2D eigenvalue weighted by Gasteiger charge is -2.33. The van der Waals surface area contributed by atoms with Crippen LogP contribution in [0.4, 0.5) is 16.3 Å². The first-order valence-corrected chi connectivity index (χ1v) is 7.17. The minimum atomic E-state index is -1.01. The molecule has 1 amide bonds. The number of hydrogen-bond acceptors (Lipinski definition) is 3. The average Bonchev–Trinajstić information content (AvgIpc) is 2.77. The molecule has 0 aliphatic rings. The van der Waals surface area contributed by atoms with E-state index in [2.05, 4.69) is 5.10 Å². The molecule has 0 fully saturated rings. The van der Waals surface area contributed by atoms with E-state index >= 15 is 0 Å². The molecule has 0 saturated carbocycles. The van der Waals surface area contributed by atoms with Crippen LogP contribution in [0.25, 0.3) is 0 Å². The molecular weight excluding hydrogens is 304 g/mol. The minimum Gasteiger partial charge on any atom is -0.465 e. The third kappa shape index (κ3) is 3.51. The molecular formula is C15H19ClN4O2. The van der Waals surface area contributed by atoms with Crippen molar-refractivity contribution in [1.29, 1.82) is 0 Å². The second kappa shape index (κ2) is 5.88. The number of carboxylic acid groups (broad SMARTS) is 1. The smallest absolute Gasteiger partial charge is 0.412 e. The SMILES string of the molecule is CC(C)(C)N(C(=O)O)c1ccc(Cl)c(Cn2ccc(N)n2)c1. The van der Waals surface area contributed by atoms with E-state index in [9.17, 15) is 9.90 Å². The molecule has 0 aliphatic heterocycles. The van der Waals surface area contributed by atoms with Gasteiger partial charge in [0.2, 0.25) is 0 Å². The van der Waals surface area contributed by atoms with Crippen molar-refractivity contribution in [2.45, 2.75) is 32.9 Å². The van der Waals surface area contributed by atoms with Gasteiger partial charge in [-0.25, -0.2) is 4.79 Å². The van der Waals surface area contributed by atoms with E-state index < -0.39 is 11.6 Å². The first kappa shape index (κ1) is 16.2. The Labute approximate surface area is 134 Å². The molecule has 2 aromatic rings. The predicted molar refractivity (Wildman–Crippen MR) is 87.5 cm³/mol. The summed E-state index contributed by atoms with van der Waals surface area (Å²) in [6, 6.07) is 6.85. The Morgan fingerprint density at radius 2 is 2.09 bits per heavy atom. The maximum Gasteiger partial charge on any atom is 0.412 e. The normalized spacial score (nSPS) is 11.5. The molecule has 0 bridgehead atoms. The molecule has 22 heavy (non-hydrogen) atoms. The molecule has 1 aromatic carbocycles. The zero-order valence-corrected chi connectivity index (χ0v) is 13.5. The lowest BCUT2D eigenvalue weighted by atomic mass is 10.0. The van der Waals surface area contributed by atoms with Gasteiger partial charge in [0.15, 0.2) is 0 Å². The first-order valence-electron chi connectivity index (χ1n) is 6.79. The standard InChI is InChI=1S/C15H19ClN4O2/c1-15(2,3)20(14(21)22)11-4-5-12(16)10(8-11)9-19-7-6-13(17)18-19/h4-8H,9H2,1-3H3,(H2,17,18)(H,21,22). The Balaban J connectivity index is 2.39. The van der Waals surface area contributed by atoms with Gasteiger partial charge in [-0.2, -0.15) is 5.10 Å². The maximum atomic E-state index is 11.6. The van der Waals surface area contributed by atoms with Crippen molar-refractivity contribution in [2.75, 3.05) is 10.6 Å². The fraction of sp³-hybridized carbons (Fsp3) is 0.333. The van der Waals surface area contributed by atoms with Crippen LogP contribution in [0.15, 0.2) is 30.5 Å². The van der Waals surface area contributed by atoms with Gasteiger partial charge in [-0.1, -0.05) is 11.6 Å². The third-order valence-corrected chi connectivity index (χ3v) is 3.51. The van der Waals surface area contributed by atoms with Gasteiger partial charge < -0.3 is 10.8 Å². The van der Waals surface area contributed by atoms with Crippen LogP contribution >= 0.6 is 11.6 Å². The van der Waals surface area contributed by atoms with Crippen molar-refractivity contribution in [2.24, 2.45) is 0 Å². The van der Waals surface area contributed by atoms with Crippen molar-refractivity contribution < 1.29 is 9.90 Å². The molecule has 1 heterocycles. The lowest BCUT2D eigenvalue weighted by Crippen LogP contribution is -2.45. The van der Waals surface area contributed by atoms with E-state index in [1.54, 1.807) is 35.1 Å². The number of benzene rings is 1. The molecule has 0 spiro atoms. The number of nitrogens with zero attached hydrogens (tertiary/aromatic N) is 3. The van der Waals surface area contributed by atoms with E-state index in [4.69, 9.17) is 17.3 Å². The van der Waals surface area contributed by atoms with Gasteiger partial charge in [-0.15, -0.1) is 0 Å². The molecule has 2 rings (SSSR count). The predicted octanol–water partition coefficient (Wildman–Crippen LogP) is 3.45. The van der Waals surface area contributed by atoms with Crippen LogP contribution < -0.4 is 10.6 Å². The van der Waals surface area contributed by atoms with E-state index in [1.807, 2.05) is 20.8 Å². The van der Waals surface area contributed by atoms with Crippen LogP contribution in [-0.2, 0) is 6.54 Å². The van der Waals surface area contributed by atoms with Gasteiger partial charge in [-0.3, -0.25) is 9.58 Å². The zero-order valence-electron chi connectivity index (χ0n) is 12.7. The fourth-order valence-electron chi connectivity index (χ4n) is 2.25. The van der Waals surface area contributed by atoms with Crippen molar-refractivity contribution in [3.63, 3.8) is 0 Å². The highest BCUT2D eigenvalue weighted by molar-refractivity contribution is 6.31. The number of rotatable bonds is 3. The summed E-state index contributed by atoms with van der Waals surface area (Å²) < 4.78 is 1.66. The van der Waals surface area contributed by atoms with Gasteiger partial charge in [0, 0.05) is 22.4 Å². The summed E-state index contributed by atoms with van der Waals surface area (Å²) in [6.45, 7) is 5.93. The molecule has 0 atom stereocenters. The molecule has 3 N–H and O–H groups in total. The lowest BCUT2D eigenvalue weighted by molar-refractivity contribution is 0.195. The van der Waals surface area contributed by atoms with E-state index in [1.165, 1.54) is 4.90 Å². The summed E-state index contributed by atoms with van der Waals surface area (Å²) >= 11 is 6.21. The van der Waals surface area contributed by atoms with Crippen LogP contribution in [0.5, 0.6) is 0 Å². The maximum absolute atomic E-state index is 11.6. The summed E-state index contributed by atoms with van der Waals surface area (Å²) in [4.78, 5) is 12.9. The fourth-order valence-corrected chi connectivity index (χ4v) is 2.42. The van der Waals surface area contributed by atoms with E-state index in [-0.39, 0.29) is 0 Å². The summed E-state index contributed by atoms with van der Waals surface area (Å²) in [5, 5.41) is 14.1. The highest BCUT2D eigenvalue weighted by Gasteiger charge is 2.28. The highest BCUT2D eigenvalue weighted by atomic mass is 35.5. The van der Waals surface area contributed by atoms with Gasteiger partial charge in [0.05, 0.1) is 6.54 Å². The van der Waals surface area contributed by atoms with Crippen LogP contribution in [0.3, 0.4) is 0 Å². The Kier molecular flexibility index (Phi) is 4.32. The number of nitrogen functional groups attached to an aromatic ring is 1. The van der Waals surface area contributed by atoms with Crippen molar-refractivity contribution in [1.82, 2.24) is 9.78 Å². The zero-order chi connectivity index (χ0) is 16.5. The van der Waals surface area contributed by atoms with Crippen LogP contribution in [0.2, 0.25) is 5.02 Å². The molecule has 0 aliphatic carbocycles. The Morgan fingerprint density at radius 1 is 1.41 bits per heavy atom. The van der Waals surface area contributed by atoms with Gasteiger partial charge in [0.25, 0.3) is 0 Å². The summed E-state index contributed by atoms with van der Waals surface area (Å²) in [5.74, 6) is 0.425. The van der Waals surface area contributed by atoms with Crippen molar-refractivity contribution >= 4 is 29.2 Å². The van der Waals surface area contributed by atoms with Gasteiger partial charge in [-0.05, 0) is 50.6 Å². The Morgan fingerprint density at radius 3 is 2.59 bits per heavy atom. The number of aromatic nitrogens is 2.